The molecule has 2 unspecified atom stereocenters. The van der Waals surface area contributed by atoms with E-state index in [1.807, 2.05) is 6.07 Å². The summed E-state index contributed by atoms with van der Waals surface area (Å²) in [4.78, 5) is 15.5. The van der Waals surface area contributed by atoms with Crippen LogP contribution in [0.1, 0.15) is 51.5 Å². The molecule has 0 N–H and O–H groups in total. The van der Waals surface area contributed by atoms with Crippen molar-refractivity contribution in [3.63, 3.8) is 0 Å². The molecule has 1 aromatic rings. The summed E-state index contributed by atoms with van der Waals surface area (Å²) in [5.41, 5.74) is 0.874. The molecule has 1 aromatic carbocycles. The number of Topliss-reactive ketones (excluding diaryl/α,β-unsaturated/α-hetero) is 1. The van der Waals surface area contributed by atoms with Crippen LogP contribution in [-0.2, 0) is 10.3 Å². The molecule has 1 aliphatic heterocycles. The zero-order valence-electron chi connectivity index (χ0n) is 13.3. The van der Waals surface area contributed by atoms with Gasteiger partial charge in [-0.05, 0) is 36.7 Å². The Morgan fingerprint density at radius 2 is 1.71 bits per heavy atom. The molecule has 0 radical (unpaired) electrons. The lowest BCUT2D eigenvalue weighted by atomic mass is 9.72. The van der Waals surface area contributed by atoms with Gasteiger partial charge >= 0.3 is 0 Å². The van der Waals surface area contributed by atoms with Crippen molar-refractivity contribution in [2.45, 2.75) is 51.5 Å². The number of ketones is 1. The minimum absolute atomic E-state index is 0.345. The van der Waals surface area contributed by atoms with E-state index in [9.17, 15) is 4.79 Å². The number of hydrogen-bond acceptors (Lipinski definition) is 2. The first-order valence-electron chi connectivity index (χ1n) is 8.47. The molecule has 0 aromatic heterocycles. The number of carbonyl (C=O) groups excluding carboxylic acids is 1. The Morgan fingerprint density at radius 3 is 2.33 bits per heavy atom. The third-order valence-corrected chi connectivity index (χ3v) is 5.31. The Hall–Kier alpha value is -1.15. The highest BCUT2D eigenvalue weighted by molar-refractivity contribution is 5.90. The van der Waals surface area contributed by atoms with Crippen LogP contribution < -0.4 is 0 Å². The standard InChI is InChI=1S/C19H27NO/c1-15-12-16(2)14-20(13-15)19(11-7-6-10-18(19)21)17-8-4-3-5-9-17/h3-5,8-9,15-16H,6-7,10-14H2,1-2H3/t15?,16?,19-/m1/s1. The van der Waals surface area contributed by atoms with Gasteiger partial charge in [-0.3, -0.25) is 9.69 Å². The maximum atomic E-state index is 13.0. The van der Waals surface area contributed by atoms with E-state index in [0.29, 0.717) is 17.6 Å². The Bertz CT molecular complexity index is 488. The van der Waals surface area contributed by atoms with Crippen molar-refractivity contribution in [1.29, 1.82) is 0 Å². The van der Waals surface area contributed by atoms with Crippen LogP contribution in [0.5, 0.6) is 0 Å². The maximum absolute atomic E-state index is 13.0. The summed E-state index contributed by atoms with van der Waals surface area (Å²) in [7, 11) is 0. The first kappa shape index (κ1) is 14.8. The van der Waals surface area contributed by atoms with Gasteiger partial charge in [0.05, 0.1) is 0 Å². The molecule has 3 rings (SSSR count). The van der Waals surface area contributed by atoms with Gasteiger partial charge in [0.15, 0.2) is 5.78 Å². The van der Waals surface area contributed by atoms with E-state index in [0.717, 1.165) is 32.4 Å². The fourth-order valence-corrected chi connectivity index (χ4v) is 4.52. The normalized spacial score (nSPS) is 34.9. The lowest BCUT2D eigenvalue weighted by Gasteiger charge is -2.49. The van der Waals surface area contributed by atoms with Gasteiger partial charge in [-0.25, -0.2) is 0 Å². The molecule has 2 aliphatic rings. The van der Waals surface area contributed by atoms with Crippen molar-refractivity contribution in [3.8, 4) is 0 Å². The molecule has 1 saturated heterocycles. The predicted molar refractivity (Wildman–Crippen MR) is 86.1 cm³/mol. The van der Waals surface area contributed by atoms with Crippen LogP contribution >= 0.6 is 0 Å². The molecule has 0 amide bonds. The van der Waals surface area contributed by atoms with Gasteiger partial charge in [-0.15, -0.1) is 0 Å². The predicted octanol–water partition coefficient (Wildman–Crippen LogP) is 4.00. The minimum Gasteiger partial charge on any atom is -0.297 e. The van der Waals surface area contributed by atoms with E-state index in [4.69, 9.17) is 0 Å². The highest BCUT2D eigenvalue weighted by atomic mass is 16.1. The van der Waals surface area contributed by atoms with Crippen LogP contribution in [0, 0.1) is 11.8 Å². The number of hydrogen-bond donors (Lipinski definition) is 0. The van der Waals surface area contributed by atoms with Gasteiger partial charge < -0.3 is 0 Å². The quantitative estimate of drug-likeness (QED) is 0.818. The second kappa shape index (κ2) is 5.92. The molecule has 1 heterocycles. The van der Waals surface area contributed by atoms with Crippen LogP contribution in [0.2, 0.25) is 0 Å². The third kappa shape index (κ3) is 2.66. The molecule has 2 fully saturated rings. The zero-order valence-corrected chi connectivity index (χ0v) is 13.3. The maximum Gasteiger partial charge on any atom is 0.157 e. The Kier molecular flexibility index (Phi) is 4.17. The zero-order chi connectivity index (χ0) is 14.9. The second-order valence-electron chi connectivity index (χ2n) is 7.21. The summed E-state index contributed by atoms with van der Waals surface area (Å²) < 4.78 is 0. The monoisotopic (exact) mass is 285 g/mol. The minimum atomic E-state index is -0.345. The van der Waals surface area contributed by atoms with Gasteiger partial charge in [0.25, 0.3) is 0 Å². The van der Waals surface area contributed by atoms with Gasteiger partial charge in [0.2, 0.25) is 0 Å². The first-order valence-corrected chi connectivity index (χ1v) is 8.47. The molecule has 0 bridgehead atoms. The second-order valence-corrected chi connectivity index (χ2v) is 7.21. The summed E-state index contributed by atoms with van der Waals surface area (Å²) in [6.07, 6.45) is 5.26. The summed E-state index contributed by atoms with van der Waals surface area (Å²) >= 11 is 0. The topological polar surface area (TPSA) is 20.3 Å². The molecule has 1 aliphatic carbocycles. The molecule has 21 heavy (non-hydrogen) atoms. The number of nitrogens with zero attached hydrogens (tertiary/aromatic N) is 1. The van der Waals surface area contributed by atoms with E-state index in [2.05, 4.69) is 43.0 Å². The van der Waals surface area contributed by atoms with Crippen molar-refractivity contribution < 1.29 is 4.79 Å². The van der Waals surface area contributed by atoms with Crippen molar-refractivity contribution in [2.24, 2.45) is 11.8 Å². The van der Waals surface area contributed by atoms with E-state index < -0.39 is 0 Å². The number of likely N-dealkylation sites (tertiary alicyclic amines) is 1. The number of rotatable bonds is 2. The lowest BCUT2D eigenvalue weighted by Crippen LogP contribution is -2.57. The summed E-state index contributed by atoms with van der Waals surface area (Å²) in [6.45, 7) is 6.78. The molecular formula is C19H27NO. The highest BCUT2D eigenvalue weighted by Gasteiger charge is 2.47. The van der Waals surface area contributed by atoms with E-state index in [1.54, 1.807) is 0 Å². The molecule has 2 heteroatoms. The van der Waals surface area contributed by atoms with Gasteiger partial charge in [0, 0.05) is 19.5 Å². The van der Waals surface area contributed by atoms with Crippen LogP contribution in [0.15, 0.2) is 30.3 Å². The largest absolute Gasteiger partial charge is 0.297 e. The van der Waals surface area contributed by atoms with E-state index >= 15 is 0 Å². The van der Waals surface area contributed by atoms with Crippen molar-refractivity contribution in [1.82, 2.24) is 4.90 Å². The fourth-order valence-electron chi connectivity index (χ4n) is 4.52. The summed E-state index contributed by atoms with van der Waals surface area (Å²) in [5, 5.41) is 0. The Morgan fingerprint density at radius 1 is 1.05 bits per heavy atom. The van der Waals surface area contributed by atoms with Gasteiger partial charge in [-0.2, -0.15) is 0 Å². The van der Waals surface area contributed by atoms with Gasteiger partial charge in [-0.1, -0.05) is 50.6 Å². The van der Waals surface area contributed by atoms with Crippen molar-refractivity contribution in [2.75, 3.05) is 13.1 Å². The fraction of sp³-hybridized carbons (Fsp3) is 0.632. The van der Waals surface area contributed by atoms with Crippen LogP contribution in [0.4, 0.5) is 0 Å². The average molecular weight is 285 g/mol. The van der Waals surface area contributed by atoms with Crippen molar-refractivity contribution >= 4 is 5.78 Å². The molecule has 1 saturated carbocycles. The summed E-state index contributed by atoms with van der Waals surface area (Å²) in [5.74, 6) is 1.81. The smallest absolute Gasteiger partial charge is 0.157 e. The van der Waals surface area contributed by atoms with Gasteiger partial charge in [0.1, 0.15) is 5.54 Å². The molecule has 114 valence electrons. The highest BCUT2D eigenvalue weighted by Crippen LogP contribution is 2.42. The summed E-state index contributed by atoms with van der Waals surface area (Å²) in [6, 6.07) is 10.5. The number of benzene rings is 1. The SMILES string of the molecule is CC1CC(C)CN([C@@]2(c3ccccc3)CCCCC2=O)C1. The molecular weight excluding hydrogens is 258 g/mol. The Balaban J connectivity index is 2.02. The molecule has 2 nitrogen and oxygen atoms in total. The van der Waals surface area contributed by atoms with Crippen LogP contribution in [0.3, 0.4) is 0 Å². The molecule has 3 atom stereocenters. The average Bonchev–Trinajstić information content (AvgIpc) is 2.48. The van der Waals surface area contributed by atoms with Crippen molar-refractivity contribution in [3.05, 3.63) is 35.9 Å². The van der Waals surface area contributed by atoms with Crippen LogP contribution in [0.25, 0.3) is 0 Å². The van der Waals surface area contributed by atoms with E-state index in [1.165, 1.54) is 18.4 Å². The van der Waals surface area contributed by atoms with E-state index in [-0.39, 0.29) is 5.54 Å². The number of carbonyl (C=O) groups is 1. The third-order valence-electron chi connectivity index (χ3n) is 5.31. The van der Waals surface area contributed by atoms with Crippen LogP contribution in [-0.4, -0.2) is 23.8 Å². The lowest BCUT2D eigenvalue weighted by molar-refractivity contribution is -0.137. The Labute approximate surface area is 128 Å². The number of piperidine rings is 1. The molecule has 0 spiro atoms. The first-order chi connectivity index (χ1) is 10.1.